The molecule has 1 heteroatoms. The summed E-state index contributed by atoms with van der Waals surface area (Å²) in [7, 11) is 1.77. The standard InChI is InChI=1S/C11H19N/c1-6-10(11(2,3)4)8-7-9-12-5/h6-9H,1-5H3/b8-7-,10-6+,12-9?. The number of hydrogen-bond donors (Lipinski definition) is 0. The third-order valence-corrected chi connectivity index (χ3v) is 1.69. The Morgan fingerprint density at radius 1 is 1.25 bits per heavy atom. The summed E-state index contributed by atoms with van der Waals surface area (Å²) in [6.45, 7) is 8.68. The van der Waals surface area contributed by atoms with Crippen LogP contribution in [0.1, 0.15) is 27.7 Å². The first-order valence-corrected chi connectivity index (χ1v) is 4.28. The molecule has 0 spiro atoms. The first kappa shape index (κ1) is 11.2. The molecule has 0 atom stereocenters. The molecule has 0 saturated carbocycles. The highest BCUT2D eigenvalue weighted by Gasteiger charge is 2.12. The van der Waals surface area contributed by atoms with Gasteiger partial charge in [-0.1, -0.05) is 32.9 Å². The predicted molar refractivity (Wildman–Crippen MR) is 56.8 cm³/mol. The highest BCUT2D eigenvalue weighted by molar-refractivity contribution is 5.71. The zero-order valence-electron chi connectivity index (χ0n) is 8.76. The molecule has 0 aliphatic carbocycles. The molecule has 12 heavy (non-hydrogen) atoms. The maximum absolute atomic E-state index is 3.88. The van der Waals surface area contributed by atoms with Gasteiger partial charge in [-0.2, -0.15) is 0 Å². The summed E-state index contributed by atoms with van der Waals surface area (Å²) in [5, 5.41) is 0. The second kappa shape index (κ2) is 4.91. The Kier molecular flexibility index (Phi) is 4.57. The maximum Gasteiger partial charge on any atom is 0.0277 e. The van der Waals surface area contributed by atoms with Crippen molar-refractivity contribution in [3.8, 4) is 0 Å². The fourth-order valence-corrected chi connectivity index (χ4v) is 1.01. The van der Waals surface area contributed by atoms with Gasteiger partial charge in [0.2, 0.25) is 0 Å². The van der Waals surface area contributed by atoms with Crippen LogP contribution in [0.2, 0.25) is 0 Å². The van der Waals surface area contributed by atoms with Crippen molar-refractivity contribution in [3.63, 3.8) is 0 Å². The highest BCUT2D eigenvalue weighted by atomic mass is 14.6. The molecule has 0 aromatic heterocycles. The fraction of sp³-hybridized carbons (Fsp3) is 0.545. The third-order valence-electron chi connectivity index (χ3n) is 1.69. The normalized spacial score (nSPS) is 14.9. The van der Waals surface area contributed by atoms with Gasteiger partial charge >= 0.3 is 0 Å². The van der Waals surface area contributed by atoms with Crippen LogP contribution < -0.4 is 0 Å². The molecule has 0 heterocycles. The van der Waals surface area contributed by atoms with E-state index < -0.39 is 0 Å². The smallest absolute Gasteiger partial charge is 0.0277 e. The monoisotopic (exact) mass is 165 g/mol. The Bertz CT molecular complexity index is 202. The summed E-state index contributed by atoms with van der Waals surface area (Å²) < 4.78 is 0. The Hall–Kier alpha value is -0.850. The van der Waals surface area contributed by atoms with Crippen molar-refractivity contribution < 1.29 is 0 Å². The first-order chi connectivity index (χ1) is 5.52. The van der Waals surface area contributed by atoms with Crippen molar-refractivity contribution in [2.45, 2.75) is 27.7 Å². The molecule has 0 N–H and O–H groups in total. The average Bonchev–Trinajstić information content (AvgIpc) is 1.95. The second-order valence-electron chi connectivity index (χ2n) is 3.76. The van der Waals surface area contributed by atoms with E-state index in [4.69, 9.17) is 0 Å². The van der Waals surface area contributed by atoms with Gasteiger partial charge in [-0.3, -0.25) is 4.99 Å². The number of aliphatic imine (C=N–C) groups is 1. The van der Waals surface area contributed by atoms with Crippen molar-refractivity contribution in [2.24, 2.45) is 10.4 Å². The number of allylic oxidation sites excluding steroid dienone is 4. The van der Waals surface area contributed by atoms with E-state index in [1.165, 1.54) is 5.57 Å². The molecule has 0 unspecified atom stereocenters. The van der Waals surface area contributed by atoms with Gasteiger partial charge in [0.25, 0.3) is 0 Å². The second-order valence-corrected chi connectivity index (χ2v) is 3.76. The Labute approximate surface area is 75.9 Å². The van der Waals surface area contributed by atoms with Crippen LogP contribution in [0.25, 0.3) is 0 Å². The number of hydrogen-bond acceptors (Lipinski definition) is 1. The molecule has 0 amide bonds. The lowest BCUT2D eigenvalue weighted by Crippen LogP contribution is -2.06. The lowest BCUT2D eigenvalue weighted by Gasteiger charge is -2.19. The van der Waals surface area contributed by atoms with Crippen molar-refractivity contribution in [1.82, 2.24) is 0 Å². The average molecular weight is 165 g/mol. The van der Waals surface area contributed by atoms with Crippen molar-refractivity contribution in [1.29, 1.82) is 0 Å². The number of rotatable bonds is 2. The molecule has 0 bridgehead atoms. The van der Waals surface area contributed by atoms with Crippen molar-refractivity contribution >= 4 is 6.21 Å². The van der Waals surface area contributed by atoms with Crippen LogP contribution in [0.5, 0.6) is 0 Å². The summed E-state index contributed by atoms with van der Waals surface area (Å²) >= 11 is 0. The van der Waals surface area contributed by atoms with Crippen LogP contribution in [0.4, 0.5) is 0 Å². The molecule has 0 radical (unpaired) electrons. The largest absolute Gasteiger partial charge is 0.297 e. The predicted octanol–water partition coefficient (Wildman–Crippen LogP) is 3.24. The van der Waals surface area contributed by atoms with Crippen LogP contribution >= 0.6 is 0 Å². The summed E-state index contributed by atoms with van der Waals surface area (Å²) in [6, 6.07) is 0. The molecule has 0 saturated heterocycles. The van der Waals surface area contributed by atoms with Gasteiger partial charge in [-0.15, -0.1) is 0 Å². The van der Waals surface area contributed by atoms with Crippen molar-refractivity contribution in [3.05, 3.63) is 23.8 Å². The highest BCUT2D eigenvalue weighted by Crippen LogP contribution is 2.25. The number of nitrogens with zero attached hydrogens (tertiary/aromatic N) is 1. The molecular formula is C11H19N. The van der Waals surface area contributed by atoms with Gasteiger partial charge in [0.1, 0.15) is 0 Å². The third kappa shape index (κ3) is 4.12. The maximum atomic E-state index is 3.88. The summed E-state index contributed by atoms with van der Waals surface area (Å²) in [5.41, 5.74) is 1.56. The van der Waals surface area contributed by atoms with E-state index in [-0.39, 0.29) is 5.41 Å². The molecule has 0 fully saturated rings. The molecule has 0 aliphatic rings. The van der Waals surface area contributed by atoms with E-state index in [1.807, 2.05) is 6.08 Å². The van der Waals surface area contributed by atoms with Gasteiger partial charge in [-0.25, -0.2) is 0 Å². The van der Waals surface area contributed by atoms with Gasteiger partial charge in [0.15, 0.2) is 0 Å². The van der Waals surface area contributed by atoms with Gasteiger partial charge < -0.3 is 0 Å². The lowest BCUT2D eigenvalue weighted by molar-refractivity contribution is 0.516. The SMILES string of the molecule is C/C=C(\C=C/C=NC)C(C)(C)C. The quantitative estimate of drug-likeness (QED) is 0.440. The van der Waals surface area contributed by atoms with Crippen LogP contribution in [0, 0.1) is 5.41 Å². The molecule has 0 rings (SSSR count). The van der Waals surface area contributed by atoms with Crippen molar-refractivity contribution in [2.75, 3.05) is 7.05 Å². The van der Waals surface area contributed by atoms with Crippen LogP contribution in [-0.4, -0.2) is 13.3 Å². The lowest BCUT2D eigenvalue weighted by atomic mass is 9.86. The molecule has 0 aromatic rings. The van der Waals surface area contributed by atoms with Crippen LogP contribution in [-0.2, 0) is 0 Å². The van der Waals surface area contributed by atoms with E-state index in [0.29, 0.717) is 0 Å². The van der Waals surface area contributed by atoms with E-state index in [0.717, 1.165) is 0 Å². The van der Waals surface area contributed by atoms with Crippen LogP contribution in [0.3, 0.4) is 0 Å². The van der Waals surface area contributed by atoms with E-state index >= 15 is 0 Å². The summed E-state index contributed by atoms with van der Waals surface area (Å²) in [5.74, 6) is 0. The molecule has 68 valence electrons. The zero-order valence-corrected chi connectivity index (χ0v) is 8.76. The van der Waals surface area contributed by atoms with Gasteiger partial charge in [0, 0.05) is 13.3 Å². The zero-order chi connectivity index (χ0) is 9.61. The van der Waals surface area contributed by atoms with Crippen LogP contribution in [0.15, 0.2) is 28.8 Å². The minimum atomic E-state index is 0.229. The Morgan fingerprint density at radius 2 is 1.83 bits per heavy atom. The summed E-state index contributed by atoms with van der Waals surface area (Å²) in [4.78, 5) is 3.88. The topological polar surface area (TPSA) is 12.4 Å². The molecular weight excluding hydrogens is 146 g/mol. The Balaban J connectivity index is 4.41. The molecule has 1 nitrogen and oxygen atoms in total. The van der Waals surface area contributed by atoms with E-state index in [1.54, 1.807) is 13.3 Å². The van der Waals surface area contributed by atoms with E-state index in [2.05, 4.69) is 44.8 Å². The molecule has 0 aromatic carbocycles. The first-order valence-electron chi connectivity index (χ1n) is 4.28. The molecule has 0 aliphatic heterocycles. The van der Waals surface area contributed by atoms with E-state index in [9.17, 15) is 0 Å². The summed E-state index contributed by atoms with van der Waals surface area (Å²) in [6.07, 6.45) is 8.02. The fourth-order valence-electron chi connectivity index (χ4n) is 1.01. The van der Waals surface area contributed by atoms with Gasteiger partial charge in [-0.05, 0) is 24.0 Å². The van der Waals surface area contributed by atoms with Gasteiger partial charge in [0.05, 0.1) is 0 Å². The minimum Gasteiger partial charge on any atom is -0.297 e. The Morgan fingerprint density at radius 3 is 2.17 bits per heavy atom. The minimum absolute atomic E-state index is 0.229.